The molecule has 86 valence electrons. The monoisotopic (exact) mass is 229 g/mol. The van der Waals surface area contributed by atoms with E-state index in [1.807, 2.05) is 16.7 Å². The van der Waals surface area contributed by atoms with Gasteiger partial charge in [0.25, 0.3) is 0 Å². The van der Waals surface area contributed by atoms with Gasteiger partial charge < -0.3 is 10.1 Å². The Balaban J connectivity index is 2.36. The van der Waals surface area contributed by atoms with Crippen molar-refractivity contribution in [2.45, 2.75) is 6.42 Å². The molecule has 1 aromatic carbocycles. The van der Waals surface area contributed by atoms with Crippen molar-refractivity contribution in [1.82, 2.24) is 9.38 Å². The number of nitrogens with two attached hydrogens (primary N) is 1. The number of nitrogens with zero attached hydrogens (tertiary/aromatic N) is 2. The Hall–Kier alpha value is -1.94. The highest BCUT2D eigenvalue weighted by Gasteiger charge is 2.06. The molecule has 4 heteroatoms. The van der Waals surface area contributed by atoms with E-state index in [9.17, 15) is 4.39 Å². The van der Waals surface area contributed by atoms with Crippen LogP contribution in [0.5, 0.6) is 0 Å². The topological polar surface area (TPSA) is 43.3 Å². The second kappa shape index (κ2) is 3.82. The van der Waals surface area contributed by atoms with E-state index in [0.29, 0.717) is 6.54 Å². The molecule has 0 saturated carbocycles. The van der Waals surface area contributed by atoms with E-state index in [0.717, 1.165) is 28.5 Å². The predicted octanol–water partition coefficient (Wildman–Crippen LogP) is 2.13. The maximum absolute atomic E-state index is 13.3. The molecule has 0 aliphatic carbocycles. The largest absolute Gasteiger partial charge is 0.330 e. The van der Waals surface area contributed by atoms with Gasteiger partial charge in [-0.1, -0.05) is 6.07 Å². The first-order valence-corrected chi connectivity index (χ1v) is 5.54. The van der Waals surface area contributed by atoms with Gasteiger partial charge in [-0.2, -0.15) is 0 Å². The van der Waals surface area contributed by atoms with E-state index < -0.39 is 0 Å². The van der Waals surface area contributed by atoms with Crippen LogP contribution in [-0.2, 0) is 6.42 Å². The normalized spacial score (nSPS) is 11.4. The third-order valence-electron chi connectivity index (χ3n) is 2.93. The Morgan fingerprint density at radius 3 is 3.00 bits per heavy atom. The zero-order valence-corrected chi connectivity index (χ0v) is 9.23. The van der Waals surface area contributed by atoms with Gasteiger partial charge in [-0.3, -0.25) is 0 Å². The quantitative estimate of drug-likeness (QED) is 0.731. The second-order valence-electron chi connectivity index (χ2n) is 4.03. The molecule has 0 amide bonds. The molecule has 3 nitrogen and oxygen atoms in total. The number of fused-ring (bicyclic) bond motifs is 3. The number of benzene rings is 1. The molecule has 0 atom stereocenters. The van der Waals surface area contributed by atoms with Crippen molar-refractivity contribution >= 4 is 16.4 Å². The first-order valence-electron chi connectivity index (χ1n) is 5.54. The lowest BCUT2D eigenvalue weighted by Gasteiger charge is -2.03. The number of pyridine rings is 1. The van der Waals surface area contributed by atoms with Crippen LogP contribution in [0.1, 0.15) is 5.69 Å². The summed E-state index contributed by atoms with van der Waals surface area (Å²) in [7, 11) is 0. The fourth-order valence-corrected chi connectivity index (χ4v) is 2.12. The van der Waals surface area contributed by atoms with Crippen molar-refractivity contribution < 1.29 is 4.39 Å². The lowest BCUT2D eigenvalue weighted by molar-refractivity contribution is 0.630. The average Bonchev–Trinajstić information content (AvgIpc) is 2.73. The zero-order chi connectivity index (χ0) is 11.8. The van der Waals surface area contributed by atoms with Crippen LogP contribution in [-0.4, -0.2) is 15.9 Å². The molecule has 0 fully saturated rings. The Bertz CT molecular complexity index is 688. The maximum atomic E-state index is 13.3. The number of halogens is 1. The Morgan fingerprint density at radius 1 is 1.29 bits per heavy atom. The summed E-state index contributed by atoms with van der Waals surface area (Å²) in [5.41, 5.74) is 7.38. The van der Waals surface area contributed by atoms with Crippen molar-refractivity contribution in [2.75, 3.05) is 6.54 Å². The SMILES string of the molecule is NCCc1cnc2c3cc(F)ccc3ccn12. The van der Waals surface area contributed by atoms with Gasteiger partial charge in [-0.15, -0.1) is 0 Å². The molecule has 0 bridgehead atoms. The minimum atomic E-state index is -0.242. The molecule has 0 aliphatic heterocycles. The van der Waals surface area contributed by atoms with Crippen molar-refractivity contribution in [2.24, 2.45) is 5.73 Å². The van der Waals surface area contributed by atoms with E-state index in [2.05, 4.69) is 4.98 Å². The van der Waals surface area contributed by atoms with Crippen molar-refractivity contribution in [3.05, 3.63) is 48.2 Å². The van der Waals surface area contributed by atoms with Crippen LogP contribution in [0.25, 0.3) is 16.4 Å². The molecule has 2 aromatic heterocycles. The fraction of sp³-hybridized carbons (Fsp3) is 0.154. The lowest BCUT2D eigenvalue weighted by atomic mass is 10.1. The molecule has 0 spiro atoms. The van der Waals surface area contributed by atoms with Crippen LogP contribution in [0.4, 0.5) is 4.39 Å². The lowest BCUT2D eigenvalue weighted by Crippen LogP contribution is -2.04. The number of imidazole rings is 1. The number of aromatic nitrogens is 2. The molecule has 3 rings (SSSR count). The molecular weight excluding hydrogens is 217 g/mol. The first-order chi connectivity index (χ1) is 8.29. The average molecular weight is 229 g/mol. The van der Waals surface area contributed by atoms with E-state index in [4.69, 9.17) is 5.73 Å². The van der Waals surface area contributed by atoms with E-state index >= 15 is 0 Å². The zero-order valence-electron chi connectivity index (χ0n) is 9.23. The van der Waals surface area contributed by atoms with Crippen LogP contribution in [0.15, 0.2) is 36.7 Å². The van der Waals surface area contributed by atoms with Crippen LogP contribution >= 0.6 is 0 Å². The van der Waals surface area contributed by atoms with Gasteiger partial charge in [0.05, 0.1) is 0 Å². The molecule has 2 heterocycles. The number of hydrogen-bond donors (Lipinski definition) is 1. The summed E-state index contributed by atoms with van der Waals surface area (Å²) in [6.45, 7) is 0.578. The molecular formula is C13H12FN3. The summed E-state index contributed by atoms with van der Waals surface area (Å²) in [5.74, 6) is -0.242. The molecule has 17 heavy (non-hydrogen) atoms. The van der Waals surface area contributed by atoms with Crippen molar-refractivity contribution in [3.8, 4) is 0 Å². The highest BCUT2D eigenvalue weighted by Crippen LogP contribution is 2.21. The first kappa shape index (κ1) is 10.2. The van der Waals surface area contributed by atoms with E-state index in [1.165, 1.54) is 12.1 Å². The van der Waals surface area contributed by atoms with Crippen molar-refractivity contribution in [1.29, 1.82) is 0 Å². The summed E-state index contributed by atoms with van der Waals surface area (Å²) in [5, 5.41) is 1.82. The fourth-order valence-electron chi connectivity index (χ4n) is 2.12. The van der Waals surface area contributed by atoms with E-state index in [1.54, 1.807) is 12.3 Å². The molecule has 0 unspecified atom stereocenters. The molecule has 3 aromatic rings. The van der Waals surface area contributed by atoms with Crippen LogP contribution < -0.4 is 5.73 Å². The molecule has 0 aliphatic rings. The number of rotatable bonds is 2. The van der Waals surface area contributed by atoms with Gasteiger partial charge in [0, 0.05) is 29.9 Å². The third kappa shape index (κ3) is 1.57. The minimum Gasteiger partial charge on any atom is -0.330 e. The summed E-state index contributed by atoms with van der Waals surface area (Å²) in [6, 6.07) is 6.71. The van der Waals surface area contributed by atoms with Crippen LogP contribution in [0.3, 0.4) is 0 Å². The third-order valence-corrected chi connectivity index (χ3v) is 2.93. The van der Waals surface area contributed by atoms with Crippen LogP contribution in [0, 0.1) is 5.82 Å². The highest BCUT2D eigenvalue weighted by atomic mass is 19.1. The van der Waals surface area contributed by atoms with Gasteiger partial charge in [0.1, 0.15) is 11.5 Å². The van der Waals surface area contributed by atoms with Gasteiger partial charge in [0.2, 0.25) is 0 Å². The smallest absolute Gasteiger partial charge is 0.144 e. The summed E-state index contributed by atoms with van der Waals surface area (Å²) in [4.78, 5) is 4.35. The highest BCUT2D eigenvalue weighted by molar-refractivity contribution is 5.93. The summed E-state index contributed by atoms with van der Waals surface area (Å²) < 4.78 is 15.2. The predicted molar refractivity (Wildman–Crippen MR) is 65.4 cm³/mol. The Labute approximate surface area is 97.7 Å². The maximum Gasteiger partial charge on any atom is 0.144 e. The Morgan fingerprint density at radius 2 is 2.18 bits per heavy atom. The van der Waals surface area contributed by atoms with Crippen LogP contribution in [0.2, 0.25) is 0 Å². The van der Waals surface area contributed by atoms with Gasteiger partial charge in [-0.05, 0) is 30.1 Å². The standard InChI is InChI=1S/C13H12FN3/c14-10-2-1-9-4-6-17-11(3-5-15)8-16-13(17)12(9)7-10/h1-2,4,6-8H,3,5,15H2. The van der Waals surface area contributed by atoms with E-state index in [-0.39, 0.29) is 5.82 Å². The van der Waals surface area contributed by atoms with Gasteiger partial charge in [0.15, 0.2) is 0 Å². The molecule has 0 saturated heterocycles. The molecule has 0 radical (unpaired) electrons. The summed E-state index contributed by atoms with van der Waals surface area (Å²) in [6.07, 6.45) is 4.52. The number of hydrogen-bond acceptors (Lipinski definition) is 2. The van der Waals surface area contributed by atoms with Crippen molar-refractivity contribution in [3.63, 3.8) is 0 Å². The van der Waals surface area contributed by atoms with Gasteiger partial charge in [-0.25, -0.2) is 9.37 Å². The minimum absolute atomic E-state index is 0.242. The van der Waals surface area contributed by atoms with Gasteiger partial charge >= 0.3 is 0 Å². The molecule has 2 N–H and O–H groups in total. The Kier molecular flexibility index (Phi) is 2.30. The second-order valence-corrected chi connectivity index (χ2v) is 4.03. The summed E-state index contributed by atoms with van der Waals surface area (Å²) >= 11 is 0.